The molecule has 166 valence electrons. The first-order valence-electron chi connectivity index (χ1n) is 10.6. The molecule has 0 fully saturated rings. The zero-order valence-corrected chi connectivity index (χ0v) is 19.6. The summed E-state index contributed by atoms with van der Waals surface area (Å²) < 4.78 is 0. The number of amides is 2. The molecule has 0 radical (unpaired) electrons. The zero-order valence-electron chi connectivity index (χ0n) is 18.0. The van der Waals surface area contributed by atoms with Crippen LogP contribution in [0.15, 0.2) is 41.8 Å². The third-order valence-electron chi connectivity index (χ3n) is 5.52. The minimum atomic E-state index is -1.00. The Labute approximate surface area is 195 Å². The Kier molecular flexibility index (Phi) is 6.72. The molecule has 3 aromatic rings. The maximum absolute atomic E-state index is 13.4. The highest BCUT2D eigenvalue weighted by Crippen LogP contribution is 2.38. The number of carbonyl (C=O) groups excluding carboxylic acids is 3. The lowest BCUT2D eigenvalue weighted by molar-refractivity contribution is 0.0872. The second-order valence-electron chi connectivity index (χ2n) is 7.75. The summed E-state index contributed by atoms with van der Waals surface area (Å²) in [6, 6.07) is 10.7. The second kappa shape index (κ2) is 9.67. The van der Waals surface area contributed by atoms with E-state index in [-0.39, 0.29) is 17.6 Å². The third-order valence-corrected chi connectivity index (χ3v) is 7.61. The van der Waals surface area contributed by atoms with Crippen LogP contribution in [0, 0.1) is 6.92 Å². The van der Waals surface area contributed by atoms with Crippen LogP contribution in [0.4, 0.5) is 5.00 Å². The monoisotopic (exact) mass is 467 g/mol. The van der Waals surface area contributed by atoms with Gasteiger partial charge in [0.15, 0.2) is 6.17 Å². The summed E-state index contributed by atoms with van der Waals surface area (Å²) in [5.74, 6) is -0.775. The van der Waals surface area contributed by atoms with Gasteiger partial charge in [0.05, 0.1) is 10.4 Å². The lowest BCUT2D eigenvalue weighted by Gasteiger charge is -2.20. The number of Topliss-reactive ketones (excluding diaryl/α,β-unsaturated/α-hetero) is 1. The van der Waals surface area contributed by atoms with Gasteiger partial charge in [0.25, 0.3) is 11.8 Å². The summed E-state index contributed by atoms with van der Waals surface area (Å²) in [5.41, 5.74) is 3.16. The zero-order chi connectivity index (χ0) is 22.7. The number of carbonyl (C=O) groups is 3. The van der Waals surface area contributed by atoms with Crippen molar-refractivity contribution in [3.8, 4) is 0 Å². The van der Waals surface area contributed by atoms with Gasteiger partial charge in [-0.15, -0.1) is 22.7 Å². The minimum absolute atomic E-state index is 0.182. The summed E-state index contributed by atoms with van der Waals surface area (Å²) >= 11 is 2.81. The van der Waals surface area contributed by atoms with Gasteiger partial charge in [-0.25, -0.2) is 0 Å². The summed E-state index contributed by atoms with van der Waals surface area (Å²) in [5, 5.41) is 11.2. The van der Waals surface area contributed by atoms with Crippen molar-refractivity contribution in [2.45, 2.75) is 38.8 Å². The Hall–Kier alpha value is -2.97. The molecular weight excluding hydrogens is 442 g/mol. The highest BCUT2D eigenvalue weighted by molar-refractivity contribution is 7.16. The van der Waals surface area contributed by atoms with Crippen LogP contribution >= 0.6 is 22.7 Å². The van der Waals surface area contributed by atoms with Crippen molar-refractivity contribution >= 4 is 45.3 Å². The normalized spacial score (nSPS) is 13.7. The van der Waals surface area contributed by atoms with Crippen LogP contribution in [0.5, 0.6) is 0 Å². The summed E-state index contributed by atoms with van der Waals surface area (Å²) in [4.78, 5) is 40.6. The Balaban J connectivity index is 1.69. The van der Waals surface area contributed by atoms with Gasteiger partial charge < -0.3 is 16.0 Å². The van der Waals surface area contributed by atoms with Gasteiger partial charge in [0.2, 0.25) is 5.78 Å². The quantitative estimate of drug-likeness (QED) is 0.355. The predicted molar refractivity (Wildman–Crippen MR) is 129 cm³/mol. The molecule has 2 aromatic heterocycles. The molecule has 6 nitrogen and oxygen atoms in total. The molecule has 1 aliphatic rings. The smallest absolute Gasteiger partial charge is 0.263 e. The van der Waals surface area contributed by atoms with Crippen molar-refractivity contribution in [3.05, 3.63) is 73.8 Å². The molecule has 3 N–H and O–H groups in total. The van der Waals surface area contributed by atoms with E-state index in [1.54, 1.807) is 31.3 Å². The number of ketones is 1. The second-order valence-corrected chi connectivity index (χ2v) is 9.81. The SMILES string of the molecule is CNC(=O)c1c(N[C@@H](NC(=O)c2cccs2)C(=O)c2ccc(C)cc2)sc2c1CCCC2. The van der Waals surface area contributed by atoms with E-state index in [1.807, 2.05) is 24.4 Å². The van der Waals surface area contributed by atoms with Crippen molar-refractivity contribution in [1.82, 2.24) is 10.6 Å². The lowest BCUT2D eigenvalue weighted by Crippen LogP contribution is -2.46. The Bertz CT molecular complexity index is 1130. The van der Waals surface area contributed by atoms with E-state index in [2.05, 4.69) is 16.0 Å². The molecule has 0 aliphatic heterocycles. The summed E-state index contributed by atoms with van der Waals surface area (Å²) in [6.07, 6.45) is 2.88. The van der Waals surface area contributed by atoms with Gasteiger partial charge in [-0.2, -0.15) is 0 Å². The van der Waals surface area contributed by atoms with Gasteiger partial charge in [0, 0.05) is 17.5 Å². The molecule has 1 aliphatic carbocycles. The van der Waals surface area contributed by atoms with Crippen molar-refractivity contribution in [2.75, 3.05) is 12.4 Å². The highest BCUT2D eigenvalue weighted by atomic mass is 32.1. The fourth-order valence-electron chi connectivity index (χ4n) is 3.83. The van der Waals surface area contributed by atoms with Gasteiger partial charge in [-0.05, 0) is 49.6 Å². The lowest BCUT2D eigenvalue weighted by atomic mass is 9.95. The van der Waals surface area contributed by atoms with Gasteiger partial charge in [-0.3, -0.25) is 14.4 Å². The van der Waals surface area contributed by atoms with E-state index < -0.39 is 6.17 Å². The van der Waals surface area contributed by atoms with E-state index in [4.69, 9.17) is 0 Å². The Morgan fingerprint density at radius 1 is 1.00 bits per heavy atom. The number of aryl methyl sites for hydroxylation is 2. The summed E-state index contributed by atoms with van der Waals surface area (Å²) in [6.45, 7) is 1.95. The van der Waals surface area contributed by atoms with Crippen LogP contribution in [0.25, 0.3) is 0 Å². The first-order chi connectivity index (χ1) is 15.5. The third kappa shape index (κ3) is 4.61. The average molecular weight is 468 g/mol. The van der Waals surface area contributed by atoms with Crippen LogP contribution in [0.3, 0.4) is 0 Å². The van der Waals surface area contributed by atoms with Crippen LogP contribution in [-0.4, -0.2) is 30.8 Å². The molecule has 8 heteroatoms. The molecule has 2 amide bonds. The van der Waals surface area contributed by atoms with E-state index in [1.165, 1.54) is 27.6 Å². The number of fused-ring (bicyclic) bond motifs is 1. The van der Waals surface area contributed by atoms with Crippen molar-refractivity contribution < 1.29 is 14.4 Å². The highest BCUT2D eigenvalue weighted by Gasteiger charge is 2.29. The van der Waals surface area contributed by atoms with Crippen molar-refractivity contribution in [3.63, 3.8) is 0 Å². The molecule has 0 unspecified atom stereocenters. The molecule has 0 saturated carbocycles. The fraction of sp³-hybridized carbons (Fsp3) is 0.292. The maximum atomic E-state index is 13.4. The molecule has 1 aromatic carbocycles. The number of rotatable bonds is 7. The number of anilines is 1. The minimum Gasteiger partial charge on any atom is -0.355 e. The van der Waals surface area contributed by atoms with Crippen LogP contribution in [0.1, 0.15) is 59.2 Å². The molecule has 2 heterocycles. The Morgan fingerprint density at radius 3 is 2.44 bits per heavy atom. The van der Waals surface area contributed by atoms with E-state index in [0.717, 1.165) is 36.8 Å². The van der Waals surface area contributed by atoms with Crippen molar-refractivity contribution in [1.29, 1.82) is 0 Å². The number of hydrogen-bond donors (Lipinski definition) is 3. The molecule has 0 bridgehead atoms. The van der Waals surface area contributed by atoms with E-state index in [9.17, 15) is 14.4 Å². The number of hydrogen-bond acceptors (Lipinski definition) is 6. The fourth-order valence-corrected chi connectivity index (χ4v) is 5.77. The largest absolute Gasteiger partial charge is 0.355 e. The standard InChI is InChI=1S/C24H25N3O3S2/c1-14-9-11-15(12-10-14)20(28)21(26-22(29)18-8-5-13-31-18)27-24-19(23(30)25-2)16-6-3-4-7-17(16)32-24/h5,8-13,21,27H,3-4,6-7H2,1-2H3,(H,25,30)(H,26,29)/t21-/m1/s1. The molecule has 32 heavy (non-hydrogen) atoms. The Morgan fingerprint density at radius 2 is 1.75 bits per heavy atom. The predicted octanol–water partition coefficient (Wildman–Crippen LogP) is 4.41. The summed E-state index contributed by atoms with van der Waals surface area (Å²) in [7, 11) is 1.60. The van der Waals surface area contributed by atoms with Crippen LogP contribution in [-0.2, 0) is 12.8 Å². The van der Waals surface area contributed by atoms with Gasteiger partial charge >= 0.3 is 0 Å². The molecular formula is C24H25N3O3S2. The maximum Gasteiger partial charge on any atom is 0.263 e. The van der Waals surface area contributed by atoms with E-state index in [0.29, 0.717) is 21.0 Å². The first-order valence-corrected chi connectivity index (χ1v) is 12.3. The molecule has 0 saturated heterocycles. The molecule has 0 spiro atoms. The van der Waals surface area contributed by atoms with Crippen LogP contribution in [0.2, 0.25) is 0 Å². The average Bonchev–Trinajstić information content (AvgIpc) is 3.46. The number of thiophene rings is 2. The molecule has 1 atom stereocenters. The number of nitrogens with one attached hydrogen (secondary N) is 3. The topological polar surface area (TPSA) is 87.3 Å². The van der Waals surface area contributed by atoms with Crippen molar-refractivity contribution in [2.24, 2.45) is 0 Å². The van der Waals surface area contributed by atoms with Gasteiger partial charge in [0.1, 0.15) is 5.00 Å². The molecule has 4 rings (SSSR count). The van der Waals surface area contributed by atoms with Gasteiger partial charge in [-0.1, -0.05) is 35.9 Å². The first kappa shape index (κ1) is 22.2. The van der Waals surface area contributed by atoms with E-state index >= 15 is 0 Å². The number of benzene rings is 1. The van der Waals surface area contributed by atoms with Crippen LogP contribution < -0.4 is 16.0 Å².